The van der Waals surface area contributed by atoms with Crippen LogP contribution in [0.5, 0.6) is 0 Å². The summed E-state index contributed by atoms with van der Waals surface area (Å²) >= 11 is 0. The molecule has 0 aliphatic heterocycles. The molecule has 0 amide bonds. The van der Waals surface area contributed by atoms with E-state index in [9.17, 15) is 4.79 Å². The van der Waals surface area contributed by atoms with Crippen molar-refractivity contribution in [3.63, 3.8) is 0 Å². The Labute approximate surface area is 118 Å². The minimum absolute atomic E-state index is 0.720. The largest absolute Gasteiger partial charge is 0.298 e. The molecule has 0 fully saturated rings. The van der Waals surface area contributed by atoms with Crippen LogP contribution in [0.25, 0.3) is 10.9 Å². The van der Waals surface area contributed by atoms with Gasteiger partial charge in [-0.1, -0.05) is 48.5 Å². The molecule has 98 valence electrons. The van der Waals surface area contributed by atoms with Gasteiger partial charge in [0.25, 0.3) is 0 Å². The second-order valence-electron chi connectivity index (χ2n) is 4.85. The monoisotopic (exact) mass is 261 g/mol. The molecule has 2 nitrogen and oxygen atoms in total. The van der Waals surface area contributed by atoms with Crippen LogP contribution in [0.15, 0.2) is 60.7 Å². The Hall–Kier alpha value is -2.48. The Bertz CT molecular complexity index is 732. The number of hydrogen-bond donors (Lipinski definition) is 0. The molecular formula is C18H15NO. The molecule has 0 aliphatic rings. The van der Waals surface area contributed by atoms with Gasteiger partial charge in [-0.05, 0) is 30.5 Å². The topological polar surface area (TPSA) is 30.0 Å². The van der Waals surface area contributed by atoms with Gasteiger partial charge in [0, 0.05) is 16.6 Å². The third kappa shape index (κ3) is 2.75. The highest BCUT2D eigenvalue weighted by Crippen LogP contribution is 2.13. The number of pyridine rings is 1. The summed E-state index contributed by atoms with van der Waals surface area (Å²) in [5, 5.41) is 1.17. The van der Waals surface area contributed by atoms with Crippen LogP contribution in [-0.4, -0.2) is 11.3 Å². The maximum absolute atomic E-state index is 10.6. The number of nitrogens with zero attached hydrogens (tertiary/aromatic N) is 1. The second-order valence-corrected chi connectivity index (χ2v) is 4.85. The Morgan fingerprint density at radius 1 is 0.850 bits per heavy atom. The van der Waals surface area contributed by atoms with Gasteiger partial charge >= 0.3 is 0 Å². The zero-order valence-electron chi connectivity index (χ0n) is 11.1. The fourth-order valence-electron chi connectivity index (χ4n) is 2.28. The minimum Gasteiger partial charge on any atom is -0.298 e. The lowest BCUT2D eigenvalue weighted by molar-refractivity contribution is 0.112. The molecule has 0 N–H and O–H groups in total. The van der Waals surface area contributed by atoms with Crippen molar-refractivity contribution in [2.24, 2.45) is 0 Å². The number of rotatable bonds is 4. The molecular weight excluding hydrogens is 246 g/mol. The van der Waals surface area contributed by atoms with Crippen LogP contribution >= 0.6 is 0 Å². The molecule has 1 aromatic heterocycles. The number of aryl methyl sites for hydroxylation is 2. The van der Waals surface area contributed by atoms with Gasteiger partial charge in [0.1, 0.15) is 6.29 Å². The predicted octanol–water partition coefficient (Wildman–Crippen LogP) is 3.83. The standard InChI is InChI=1S/C18H15NO/c20-13-15-7-5-14(6-8-15)9-11-17-12-10-16-3-1-2-4-18(16)19-17/h1-8,10,12-13H,9,11H2. The summed E-state index contributed by atoms with van der Waals surface area (Å²) in [7, 11) is 0. The van der Waals surface area contributed by atoms with Gasteiger partial charge in [-0.2, -0.15) is 0 Å². The van der Waals surface area contributed by atoms with Crippen molar-refractivity contribution in [2.45, 2.75) is 12.8 Å². The quantitative estimate of drug-likeness (QED) is 0.668. The van der Waals surface area contributed by atoms with Crippen molar-refractivity contribution < 1.29 is 4.79 Å². The Morgan fingerprint density at radius 3 is 2.45 bits per heavy atom. The predicted molar refractivity (Wildman–Crippen MR) is 81.0 cm³/mol. The number of carbonyl (C=O) groups excluding carboxylic acids is 1. The summed E-state index contributed by atoms with van der Waals surface area (Å²) in [5.41, 5.74) is 4.09. The molecule has 0 bridgehead atoms. The summed E-state index contributed by atoms with van der Waals surface area (Å²) in [6.45, 7) is 0. The molecule has 0 aliphatic carbocycles. The number of fused-ring (bicyclic) bond motifs is 1. The second kappa shape index (κ2) is 5.66. The first-order valence-corrected chi connectivity index (χ1v) is 6.74. The molecule has 3 rings (SSSR count). The number of carbonyl (C=O) groups is 1. The Morgan fingerprint density at radius 2 is 1.65 bits per heavy atom. The SMILES string of the molecule is O=Cc1ccc(CCc2ccc3ccccc3n2)cc1. The van der Waals surface area contributed by atoms with Crippen molar-refractivity contribution >= 4 is 17.2 Å². The van der Waals surface area contributed by atoms with E-state index in [0.29, 0.717) is 0 Å². The van der Waals surface area contributed by atoms with Gasteiger partial charge in [-0.3, -0.25) is 9.78 Å². The van der Waals surface area contributed by atoms with Crippen LogP contribution in [0.4, 0.5) is 0 Å². The molecule has 0 saturated heterocycles. The first-order valence-electron chi connectivity index (χ1n) is 6.74. The summed E-state index contributed by atoms with van der Waals surface area (Å²) in [4.78, 5) is 15.3. The maximum atomic E-state index is 10.6. The lowest BCUT2D eigenvalue weighted by atomic mass is 10.1. The summed E-state index contributed by atoms with van der Waals surface area (Å²) in [6.07, 6.45) is 2.71. The van der Waals surface area contributed by atoms with Gasteiger partial charge in [-0.25, -0.2) is 0 Å². The van der Waals surface area contributed by atoms with Gasteiger partial charge < -0.3 is 0 Å². The van der Waals surface area contributed by atoms with Crippen molar-refractivity contribution in [2.75, 3.05) is 0 Å². The fourth-order valence-corrected chi connectivity index (χ4v) is 2.28. The average molecular weight is 261 g/mol. The van der Waals surface area contributed by atoms with E-state index >= 15 is 0 Å². The summed E-state index contributed by atoms with van der Waals surface area (Å²) in [6, 6.07) is 20.1. The van der Waals surface area contributed by atoms with Gasteiger partial charge in [-0.15, -0.1) is 0 Å². The maximum Gasteiger partial charge on any atom is 0.150 e. The van der Waals surface area contributed by atoms with E-state index < -0.39 is 0 Å². The number of aromatic nitrogens is 1. The van der Waals surface area contributed by atoms with Crippen LogP contribution in [-0.2, 0) is 12.8 Å². The van der Waals surface area contributed by atoms with Gasteiger partial charge in [0.15, 0.2) is 0 Å². The molecule has 1 heterocycles. The number of para-hydroxylation sites is 1. The fraction of sp³-hybridized carbons (Fsp3) is 0.111. The van der Waals surface area contributed by atoms with E-state index in [1.165, 1.54) is 10.9 Å². The van der Waals surface area contributed by atoms with Gasteiger partial charge in [0.05, 0.1) is 5.52 Å². The van der Waals surface area contributed by atoms with E-state index in [4.69, 9.17) is 0 Å². The average Bonchev–Trinajstić information content (AvgIpc) is 2.53. The molecule has 0 unspecified atom stereocenters. The van der Waals surface area contributed by atoms with Gasteiger partial charge in [0.2, 0.25) is 0 Å². The van der Waals surface area contributed by atoms with E-state index in [0.717, 1.165) is 35.9 Å². The molecule has 20 heavy (non-hydrogen) atoms. The highest BCUT2D eigenvalue weighted by molar-refractivity contribution is 5.78. The van der Waals surface area contributed by atoms with Crippen LogP contribution in [0.2, 0.25) is 0 Å². The molecule has 2 aromatic carbocycles. The van der Waals surface area contributed by atoms with Crippen LogP contribution in [0.1, 0.15) is 21.6 Å². The number of hydrogen-bond acceptors (Lipinski definition) is 2. The first-order chi connectivity index (χ1) is 9.85. The lowest BCUT2D eigenvalue weighted by Gasteiger charge is -2.04. The lowest BCUT2D eigenvalue weighted by Crippen LogP contribution is -1.95. The van der Waals surface area contributed by atoms with E-state index in [2.05, 4.69) is 23.2 Å². The third-order valence-corrected chi connectivity index (χ3v) is 3.44. The number of benzene rings is 2. The number of aldehydes is 1. The van der Waals surface area contributed by atoms with E-state index in [1.807, 2.05) is 42.5 Å². The smallest absolute Gasteiger partial charge is 0.150 e. The Kier molecular flexibility index (Phi) is 3.55. The molecule has 2 heteroatoms. The highest BCUT2D eigenvalue weighted by atomic mass is 16.1. The minimum atomic E-state index is 0.720. The zero-order chi connectivity index (χ0) is 13.8. The van der Waals surface area contributed by atoms with E-state index in [-0.39, 0.29) is 0 Å². The van der Waals surface area contributed by atoms with Crippen LogP contribution in [0, 0.1) is 0 Å². The van der Waals surface area contributed by atoms with Crippen molar-refractivity contribution in [3.8, 4) is 0 Å². The summed E-state index contributed by atoms with van der Waals surface area (Å²) < 4.78 is 0. The van der Waals surface area contributed by atoms with Crippen LogP contribution < -0.4 is 0 Å². The summed E-state index contributed by atoms with van der Waals surface area (Å²) in [5.74, 6) is 0. The molecule has 0 spiro atoms. The first kappa shape index (κ1) is 12.5. The Balaban J connectivity index is 1.74. The van der Waals surface area contributed by atoms with Crippen molar-refractivity contribution in [1.29, 1.82) is 0 Å². The molecule has 0 saturated carbocycles. The molecule has 3 aromatic rings. The zero-order valence-corrected chi connectivity index (χ0v) is 11.1. The van der Waals surface area contributed by atoms with E-state index in [1.54, 1.807) is 0 Å². The third-order valence-electron chi connectivity index (χ3n) is 3.44. The van der Waals surface area contributed by atoms with Crippen LogP contribution in [0.3, 0.4) is 0 Å². The molecule has 0 atom stereocenters. The molecule has 0 radical (unpaired) electrons. The van der Waals surface area contributed by atoms with Crippen molar-refractivity contribution in [3.05, 3.63) is 77.5 Å². The normalized spacial score (nSPS) is 10.6. The highest BCUT2D eigenvalue weighted by Gasteiger charge is 2.00. The van der Waals surface area contributed by atoms with Crippen molar-refractivity contribution in [1.82, 2.24) is 4.98 Å².